The minimum atomic E-state index is -0.120. The Morgan fingerprint density at radius 3 is 2.79 bits per heavy atom. The first kappa shape index (κ1) is 16.0. The third kappa shape index (κ3) is 2.35. The maximum Gasteiger partial charge on any atom is 0.302 e. The minimum Gasteiger partial charge on any atom is -0.497 e. The van der Waals surface area contributed by atoms with E-state index in [1.54, 1.807) is 19.6 Å². The summed E-state index contributed by atoms with van der Waals surface area (Å²) in [6.07, 6.45) is 7.17. The van der Waals surface area contributed by atoms with Gasteiger partial charge in [-0.15, -0.1) is 0 Å². The summed E-state index contributed by atoms with van der Waals surface area (Å²) < 4.78 is 11.1. The van der Waals surface area contributed by atoms with Gasteiger partial charge in [0.25, 0.3) is 0 Å². The Kier molecular flexibility index (Phi) is 3.85. The number of hydrogen-bond donors (Lipinski definition) is 0. The van der Waals surface area contributed by atoms with Crippen molar-refractivity contribution in [1.82, 2.24) is 0 Å². The van der Waals surface area contributed by atoms with Gasteiger partial charge < -0.3 is 9.47 Å². The molecule has 1 aromatic rings. The number of hydrogen-bond acceptors (Lipinski definition) is 3. The summed E-state index contributed by atoms with van der Waals surface area (Å²) in [5, 5.41) is 0. The summed E-state index contributed by atoms with van der Waals surface area (Å²) in [7, 11) is 1.74. The summed E-state index contributed by atoms with van der Waals surface area (Å²) in [4.78, 5) is 11.5. The van der Waals surface area contributed by atoms with E-state index in [9.17, 15) is 4.79 Å². The van der Waals surface area contributed by atoms with Crippen LogP contribution in [0.15, 0.2) is 18.2 Å². The highest BCUT2D eigenvalue weighted by atomic mass is 16.5. The zero-order valence-corrected chi connectivity index (χ0v) is 15.0. The molecule has 0 unspecified atom stereocenters. The van der Waals surface area contributed by atoms with E-state index >= 15 is 0 Å². The second-order valence-corrected chi connectivity index (χ2v) is 8.20. The fraction of sp³-hybridized carbons (Fsp3) is 0.667. The van der Waals surface area contributed by atoms with Crippen LogP contribution < -0.4 is 4.74 Å². The zero-order valence-electron chi connectivity index (χ0n) is 15.0. The van der Waals surface area contributed by atoms with Gasteiger partial charge in [-0.25, -0.2) is 0 Å². The predicted molar refractivity (Wildman–Crippen MR) is 93.2 cm³/mol. The lowest BCUT2D eigenvalue weighted by Gasteiger charge is -2.50. The molecule has 0 saturated heterocycles. The van der Waals surface area contributed by atoms with E-state index in [1.165, 1.54) is 31.2 Å². The van der Waals surface area contributed by atoms with E-state index in [4.69, 9.17) is 9.47 Å². The highest BCUT2D eigenvalue weighted by Crippen LogP contribution is 2.61. The maximum absolute atomic E-state index is 11.5. The Labute approximate surface area is 144 Å². The van der Waals surface area contributed by atoms with Crippen LogP contribution in [0.5, 0.6) is 5.75 Å². The highest BCUT2D eigenvalue weighted by Gasteiger charge is 2.56. The van der Waals surface area contributed by atoms with Crippen LogP contribution in [0.3, 0.4) is 0 Å². The maximum atomic E-state index is 11.5. The highest BCUT2D eigenvalue weighted by molar-refractivity contribution is 5.66. The van der Waals surface area contributed by atoms with Crippen molar-refractivity contribution in [1.29, 1.82) is 0 Å². The topological polar surface area (TPSA) is 35.5 Å². The van der Waals surface area contributed by atoms with Gasteiger partial charge >= 0.3 is 5.97 Å². The first-order chi connectivity index (χ1) is 11.5. The molecule has 1 aromatic carbocycles. The lowest BCUT2D eigenvalue weighted by Crippen LogP contribution is -2.45. The number of methoxy groups -OCH3 is 1. The van der Waals surface area contributed by atoms with Crippen LogP contribution in [0.4, 0.5) is 0 Å². The van der Waals surface area contributed by atoms with Crippen LogP contribution in [0.25, 0.3) is 0 Å². The molecule has 0 N–H and O–H groups in total. The summed E-state index contributed by atoms with van der Waals surface area (Å²) in [6.45, 7) is 3.92. The van der Waals surface area contributed by atoms with Crippen LogP contribution in [-0.4, -0.2) is 19.2 Å². The van der Waals surface area contributed by atoms with Gasteiger partial charge in [0.05, 0.1) is 7.11 Å². The fourth-order valence-electron chi connectivity index (χ4n) is 6.03. The SMILES string of the molecule is COc1ccc2c(c1)CC[C@H]1[C@H]3CC[C@H](OC(C)=O)[C@@]3(C)CC[C@@H]21. The van der Waals surface area contributed by atoms with Gasteiger partial charge in [0, 0.05) is 12.3 Å². The number of fused-ring (bicyclic) bond motifs is 5. The van der Waals surface area contributed by atoms with Gasteiger partial charge in [-0.05, 0) is 79.5 Å². The van der Waals surface area contributed by atoms with Gasteiger partial charge in [-0.3, -0.25) is 4.79 Å². The Balaban J connectivity index is 1.62. The van der Waals surface area contributed by atoms with Crippen LogP contribution >= 0.6 is 0 Å². The van der Waals surface area contributed by atoms with Gasteiger partial charge in [0.15, 0.2) is 0 Å². The molecule has 0 aromatic heterocycles. The van der Waals surface area contributed by atoms with E-state index in [-0.39, 0.29) is 17.5 Å². The first-order valence-corrected chi connectivity index (χ1v) is 9.37. The van der Waals surface area contributed by atoms with Crippen molar-refractivity contribution < 1.29 is 14.3 Å². The second-order valence-electron chi connectivity index (χ2n) is 8.20. The van der Waals surface area contributed by atoms with Crippen molar-refractivity contribution >= 4 is 5.97 Å². The molecule has 3 heteroatoms. The van der Waals surface area contributed by atoms with Crippen LogP contribution in [-0.2, 0) is 16.0 Å². The van der Waals surface area contributed by atoms with Crippen molar-refractivity contribution in [3.05, 3.63) is 29.3 Å². The molecule has 0 heterocycles. The smallest absolute Gasteiger partial charge is 0.302 e. The summed E-state index contributed by atoms with van der Waals surface area (Å²) >= 11 is 0. The molecule has 0 aliphatic heterocycles. The molecule has 24 heavy (non-hydrogen) atoms. The summed E-state index contributed by atoms with van der Waals surface area (Å²) in [6, 6.07) is 6.65. The van der Waals surface area contributed by atoms with E-state index in [0.29, 0.717) is 11.8 Å². The lowest BCUT2D eigenvalue weighted by molar-refractivity contribution is -0.154. The van der Waals surface area contributed by atoms with E-state index in [2.05, 4.69) is 25.1 Å². The van der Waals surface area contributed by atoms with Crippen molar-refractivity contribution in [2.75, 3.05) is 7.11 Å². The second kappa shape index (κ2) is 5.79. The number of ether oxygens (including phenoxy) is 2. The summed E-state index contributed by atoms with van der Waals surface area (Å²) in [5.74, 6) is 2.96. The zero-order chi connectivity index (χ0) is 16.9. The van der Waals surface area contributed by atoms with E-state index in [1.807, 2.05) is 0 Å². The van der Waals surface area contributed by atoms with Gasteiger partial charge in [0.2, 0.25) is 0 Å². The largest absolute Gasteiger partial charge is 0.497 e. The monoisotopic (exact) mass is 328 g/mol. The van der Waals surface area contributed by atoms with Crippen LogP contribution in [0.1, 0.15) is 63.0 Å². The third-order valence-electron chi connectivity index (χ3n) is 7.15. The molecule has 130 valence electrons. The molecule has 4 rings (SSSR count). The molecule has 2 fully saturated rings. The molecule has 3 aliphatic carbocycles. The fourth-order valence-corrected chi connectivity index (χ4v) is 6.03. The normalized spacial score (nSPS) is 37.1. The molecule has 0 spiro atoms. The standard InChI is InChI=1S/C21H28O3/c1-13(22)24-20-9-8-19-18-6-4-14-12-15(23-3)5-7-16(14)17(18)10-11-21(19,20)2/h5,7,12,17-20H,4,6,8-11H2,1-3H3/t17-,18+,19+,20-,21-/m0/s1. The molecule has 2 saturated carbocycles. The predicted octanol–water partition coefficient (Wildman–Crippen LogP) is 4.48. The van der Waals surface area contributed by atoms with E-state index < -0.39 is 0 Å². The number of esters is 1. The molecule has 0 radical (unpaired) electrons. The minimum absolute atomic E-state index is 0.120. The van der Waals surface area contributed by atoms with Crippen molar-refractivity contribution in [2.24, 2.45) is 17.3 Å². The molecule has 0 amide bonds. The summed E-state index contributed by atoms with van der Waals surface area (Å²) in [5.41, 5.74) is 3.20. The van der Waals surface area contributed by atoms with Crippen LogP contribution in [0, 0.1) is 17.3 Å². The first-order valence-electron chi connectivity index (χ1n) is 9.37. The van der Waals surface area contributed by atoms with Gasteiger partial charge in [0.1, 0.15) is 11.9 Å². The lowest BCUT2D eigenvalue weighted by atomic mass is 9.55. The molecular weight excluding hydrogens is 300 g/mol. The molecule has 5 atom stereocenters. The van der Waals surface area contributed by atoms with Crippen molar-refractivity contribution in [3.63, 3.8) is 0 Å². The van der Waals surface area contributed by atoms with E-state index in [0.717, 1.165) is 24.5 Å². The van der Waals surface area contributed by atoms with Gasteiger partial charge in [-0.2, -0.15) is 0 Å². The molecular formula is C21H28O3. The Bertz CT molecular complexity index is 652. The van der Waals surface area contributed by atoms with Gasteiger partial charge in [-0.1, -0.05) is 13.0 Å². The average Bonchev–Trinajstić information content (AvgIpc) is 2.90. The average molecular weight is 328 g/mol. The number of carbonyl (C=O) groups is 1. The number of rotatable bonds is 2. The number of benzene rings is 1. The number of aryl methyl sites for hydroxylation is 1. The quantitative estimate of drug-likeness (QED) is 0.751. The Morgan fingerprint density at radius 2 is 2.04 bits per heavy atom. The molecule has 3 nitrogen and oxygen atoms in total. The number of carbonyl (C=O) groups excluding carboxylic acids is 1. The molecule has 0 bridgehead atoms. The van der Waals surface area contributed by atoms with Crippen molar-refractivity contribution in [2.45, 2.75) is 64.4 Å². The third-order valence-corrected chi connectivity index (χ3v) is 7.15. The Hall–Kier alpha value is -1.51. The Morgan fingerprint density at radius 1 is 1.21 bits per heavy atom. The van der Waals surface area contributed by atoms with Crippen LogP contribution in [0.2, 0.25) is 0 Å². The van der Waals surface area contributed by atoms with Crippen molar-refractivity contribution in [3.8, 4) is 5.75 Å². The molecule has 3 aliphatic rings.